The van der Waals surface area contributed by atoms with Crippen molar-refractivity contribution in [2.24, 2.45) is 0 Å². The molecule has 0 aromatic carbocycles. The molecule has 0 atom stereocenters. The maximum absolute atomic E-state index is 12.2. The maximum atomic E-state index is 12.2. The first-order valence-electron chi connectivity index (χ1n) is 6.29. The molecule has 3 rings (SSSR count). The first kappa shape index (κ1) is 14.5. The molecular formula is C14H12BrN3OS2. The molecular weight excluding hydrogens is 370 g/mol. The molecule has 4 nitrogen and oxygen atoms in total. The molecule has 0 bridgehead atoms. The minimum absolute atomic E-state index is 0.121. The number of nitrogens with two attached hydrogens (primary N) is 1. The number of fused-ring (bicyclic) bond motifs is 1. The van der Waals surface area contributed by atoms with Crippen molar-refractivity contribution in [3.8, 4) is 0 Å². The zero-order valence-corrected chi connectivity index (χ0v) is 14.1. The molecule has 0 radical (unpaired) electrons. The predicted molar refractivity (Wildman–Crippen MR) is 92.1 cm³/mol. The molecule has 0 fully saturated rings. The largest absolute Gasteiger partial charge is 0.397 e. The normalized spacial score (nSPS) is 10.9. The number of nitrogens with one attached hydrogen (secondary N) is 1. The Labute approximate surface area is 138 Å². The van der Waals surface area contributed by atoms with Crippen LogP contribution in [0.3, 0.4) is 0 Å². The van der Waals surface area contributed by atoms with Crippen molar-refractivity contribution in [2.75, 3.05) is 12.3 Å². The van der Waals surface area contributed by atoms with Crippen LogP contribution in [-0.4, -0.2) is 17.4 Å². The van der Waals surface area contributed by atoms with E-state index in [1.807, 2.05) is 12.1 Å². The van der Waals surface area contributed by atoms with Gasteiger partial charge in [0, 0.05) is 29.2 Å². The summed E-state index contributed by atoms with van der Waals surface area (Å²) in [7, 11) is 0. The zero-order valence-electron chi connectivity index (χ0n) is 10.9. The van der Waals surface area contributed by atoms with Crippen molar-refractivity contribution in [1.82, 2.24) is 10.3 Å². The number of hydrogen-bond donors (Lipinski definition) is 2. The molecule has 1 amide bonds. The number of carbonyl (C=O) groups excluding carboxylic acids is 1. The Hall–Kier alpha value is -1.44. The van der Waals surface area contributed by atoms with Crippen LogP contribution in [-0.2, 0) is 6.42 Å². The Morgan fingerprint density at radius 2 is 2.19 bits per heavy atom. The molecule has 3 aromatic heterocycles. The van der Waals surface area contributed by atoms with Gasteiger partial charge >= 0.3 is 0 Å². The van der Waals surface area contributed by atoms with E-state index in [0.717, 1.165) is 20.3 Å². The van der Waals surface area contributed by atoms with Crippen molar-refractivity contribution in [2.45, 2.75) is 6.42 Å². The molecule has 108 valence electrons. The Morgan fingerprint density at radius 3 is 2.90 bits per heavy atom. The summed E-state index contributed by atoms with van der Waals surface area (Å²) in [5, 5.41) is 3.81. The number of nitrogens with zero attached hydrogens (tertiary/aromatic N) is 1. The van der Waals surface area contributed by atoms with Gasteiger partial charge in [0.1, 0.15) is 4.88 Å². The number of pyridine rings is 1. The molecule has 21 heavy (non-hydrogen) atoms. The lowest BCUT2D eigenvalue weighted by atomic mass is 10.2. The van der Waals surface area contributed by atoms with Crippen molar-refractivity contribution in [1.29, 1.82) is 0 Å². The zero-order chi connectivity index (χ0) is 14.8. The van der Waals surface area contributed by atoms with Gasteiger partial charge in [-0.05, 0) is 40.5 Å². The first-order chi connectivity index (χ1) is 10.1. The first-order valence-corrected chi connectivity index (χ1v) is 8.72. The molecule has 3 aromatic rings. The van der Waals surface area contributed by atoms with E-state index in [-0.39, 0.29) is 5.91 Å². The van der Waals surface area contributed by atoms with Gasteiger partial charge in [0.25, 0.3) is 5.91 Å². The summed E-state index contributed by atoms with van der Waals surface area (Å²) in [4.78, 5) is 18.1. The van der Waals surface area contributed by atoms with Gasteiger partial charge in [0.15, 0.2) is 0 Å². The number of amides is 1. The highest BCUT2D eigenvalue weighted by Gasteiger charge is 2.15. The van der Waals surface area contributed by atoms with Crippen LogP contribution in [0.2, 0.25) is 0 Å². The summed E-state index contributed by atoms with van der Waals surface area (Å²) in [5.41, 5.74) is 6.58. The fourth-order valence-electron chi connectivity index (χ4n) is 2.01. The van der Waals surface area contributed by atoms with Crippen LogP contribution in [0, 0.1) is 0 Å². The van der Waals surface area contributed by atoms with Gasteiger partial charge < -0.3 is 11.1 Å². The fraction of sp³-hybridized carbons (Fsp3) is 0.143. The second-order valence-electron chi connectivity index (χ2n) is 4.43. The number of nitrogen functional groups attached to an aromatic ring is 1. The number of aromatic nitrogens is 1. The molecule has 0 saturated carbocycles. The minimum atomic E-state index is -0.121. The molecule has 0 aliphatic carbocycles. The van der Waals surface area contributed by atoms with Gasteiger partial charge in [0.05, 0.1) is 14.2 Å². The van der Waals surface area contributed by atoms with Crippen LogP contribution in [0.5, 0.6) is 0 Å². The van der Waals surface area contributed by atoms with Gasteiger partial charge in [-0.25, -0.2) is 0 Å². The molecule has 0 unspecified atom stereocenters. The lowest BCUT2D eigenvalue weighted by molar-refractivity contribution is 0.0959. The molecule has 0 aliphatic rings. The topological polar surface area (TPSA) is 68.0 Å². The smallest absolute Gasteiger partial charge is 0.263 e. The summed E-state index contributed by atoms with van der Waals surface area (Å²) in [6.07, 6.45) is 4.23. The Bertz CT molecular complexity index is 796. The molecule has 3 N–H and O–H groups in total. The van der Waals surface area contributed by atoms with E-state index in [1.165, 1.54) is 16.2 Å². The standard InChI is InChI=1S/C14H12BrN3OS2/c15-11-2-1-8(20-11)3-6-18-14(19)13-12(16)9-4-5-17-7-10(9)21-13/h1-2,4-5,7H,3,6,16H2,(H,18,19). The van der Waals surface area contributed by atoms with E-state index in [4.69, 9.17) is 5.73 Å². The third-order valence-corrected chi connectivity index (χ3v) is 5.86. The van der Waals surface area contributed by atoms with Crippen LogP contribution in [0.4, 0.5) is 5.69 Å². The van der Waals surface area contributed by atoms with Crippen molar-refractivity contribution >= 4 is 60.3 Å². The summed E-state index contributed by atoms with van der Waals surface area (Å²) >= 11 is 6.48. The number of thiophene rings is 2. The van der Waals surface area contributed by atoms with Crippen LogP contribution >= 0.6 is 38.6 Å². The number of halogens is 1. The van der Waals surface area contributed by atoms with E-state index >= 15 is 0 Å². The van der Waals surface area contributed by atoms with Crippen molar-refractivity contribution < 1.29 is 4.79 Å². The monoisotopic (exact) mass is 381 g/mol. The van der Waals surface area contributed by atoms with Gasteiger partial charge in [-0.3, -0.25) is 9.78 Å². The molecule has 7 heteroatoms. The summed E-state index contributed by atoms with van der Waals surface area (Å²) in [6.45, 7) is 0.595. The SMILES string of the molecule is Nc1c(C(=O)NCCc2ccc(Br)s2)sc2cnccc12. The van der Waals surface area contributed by atoms with E-state index in [2.05, 4.69) is 32.3 Å². The average Bonchev–Trinajstić information content (AvgIpc) is 3.03. The van der Waals surface area contributed by atoms with E-state index in [0.29, 0.717) is 17.1 Å². The highest BCUT2D eigenvalue weighted by molar-refractivity contribution is 9.11. The summed E-state index contributed by atoms with van der Waals surface area (Å²) < 4.78 is 2.03. The lowest BCUT2D eigenvalue weighted by Crippen LogP contribution is -2.25. The quantitative estimate of drug-likeness (QED) is 0.724. The third kappa shape index (κ3) is 3.09. The van der Waals surface area contributed by atoms with E-state index in [9.17, 15) is 4.79 Å². The van der Waals surface area contributed by atoms with Gasteiger partial charge in [-0.2, -0.15) is 0 Å². The predicted octanol–water partition coefficient (Wildman–Crippen LogP) is 3.68. The van der Waals surface area contributed by atoms with E-state index < -0.39 is 0 Å². The average molecular weight is 382 g/mol. The maximum Gasteiger partial charge on any atom is 0.263 e. The molecule has 0 spiro atoms. The van der Waals surface area contributed by atoms with Crippen molar-refractivity contribution in [3.63, 3.8) is 0 Å². The van der Waals surface area contributed by atoms with Gasteiger partial charge in [0.2, 0.25) is 0 Å². The summed E-state index contributed by atoms with van der Waals surface area (Å²) in [6, 6.07) is 5.90. The Kier molecular flexibility index (Phi) is 4.23. The summed E-state index contributed by atoms with van der Waals surface area (Å²) in [5.74, 6) is -0.121. The molecule has 0 aliphatic heterocycles. The minimum Gasteiger partial charge on any atom is -0.397 e. The van der Waals surface area contributed by atoms with Crippen LogP contribution in [0.25, 0.3) is 10.1 Å². The fourth-order valence-corrected chi connectivity index (χ4v) is 4.49. The van der Waals surface area contributed by atoms with Crippen LogP contribution < -0.4 is 11.1 Å². The second-order valence-corrected chi connectivity index (χ2v) is 8.03. The number of carbonyl (C=O) groups is 1. The van der Waals surface area contributed by atoms with Gasteiger partial charge in [-0.1, -0.05) is 0 Å². The van der Waals surface area contributed by atoms with Crippen LogP contribution in [0.15, 0.2) is 34.4 Å². The van der Waals surface area contributed by atoms with Crippen LogP contribution in [0.1, 0.15) is 14.5 Å². The van der Waals surface area contributed by atoms with Gasteiger partial charge in [-0.15, -0.1) is 22.7 Å². The molecule has 3 heterocycles. The molecule has 0 saturated heterocycles. The number of hydrogen-bond acceptors (Lipinski definition) is 5. The Balaban J connectivity index is 1.68. The van der Waals surface area contributed by atoms with Crippen molar-refractivity contribution in [3.05, 3.63) is 44.1 Å². The highest BCUT2D eigenvalue weighted by Crippen LogP contribution is 2.32. The third-order valence-electron chi connectivity index (χ3n) is 3.02. The van der Waals surface area contributed by atoms with E-state index in [1.54, 1.807) is 23.7 Å². The lowest BCUT2D eigenvalue weighted by Gasteiger charge is -2.03. The Morgan fingerprint density at radius 1 is 1.33 bits per heavy atom. The second kappa shape index (κ2) is 6.13. The number of anilines is 1. The highest BCUT2D eigenvalue weighted by atomic mass is 79.9. The number of rotatable bonds is 4.